The number of para-hydroxylation sites is 2. The SMILES string of the molecule is CC(C)(C)c1ccc(OCCCCn2c(C3CC(=O)N(C(C)(C)C)C3)nc3ccccc32)cc1. The fraction of sp³-hybridized carbons (Fsp3) is 0.517. The van der Waals surface area contributed by atoms with Gasteiger partial charge in [-0.15, -0.1) is 0 Å². The quantitative estimate of drug-likeness (QED) is 0.388. The molecule has 1 unspecified atom stereocenters. The summed E-state index contributed by atoms with van der Waals surface area (Å²) in [4.78, 5) is 19.7. The van der Waals surface area contributed by atoms with Crippen LogP contribution in [-0.2, 0) is 16.8 Å². The average molecular weight is 462 g/mol. The van der Waals surface area contributed by atoms with Gasteiger partial charge in [0.15, 0.2) is 0 Å². The Hall–Kier alpha value is -2.82. The molecule has 1 atom stereocenters. The van der Waals surface area contributed by atoms with Gasteiger partial charge in [-0.1, -0.05) is 45.0 Å². The van der Waals surface area contributed by atoms with E-state index in [9.17, 15) is 4.79 Å². The van der Waals surface area contributed by atoms with Crippen LogP contribution in [0.2, 0.25) is 0 Å². The van der Waals surface area contributed by atoms with Crippen LogP contribution in [0.15, 0.2) is 48.5 Å². The van der Waals surface area contributed by atoms with Gasteiger partial charge in [-0.2, -0.15) is 0 Å². The van der Waals surface area contributed by atoms with Crippen molar-refractivity contribution in [1.82, 2.24) is 14.5 Å². The number of nitrogens with zero attached hydrogens (tertiary/aromatic N) is 3. The summed E-state index contributed by atoms with van der Waals surface area (Å²) in [5.41, 5.74) is 3.46. The molecule has 1 amide bonds. The first kappa shape index (κ1) is 24.3. The minimum absolute atomic E-state index is 0.136. The minimum atomic E-state index is -0.162. The van der Waals surface area contributed by atoms with Crippen molar-refractivity contribution in [1.29, 1.82) is 0 Å². The number of imidazole rings is 1. The van der Waals surface area contributed by atoms with Crippen molar-refractivity contribution in [3.8, 4) is 5.75 Å². The number of ether oxygens (including phenoxy) is 1. The lowest BCUT2D eigenvalue weighted by atomic mass is 9.87. The van der Waals surface area contributed by atoms with Crippen LogP contribution in [0, 0.1) is 0 Å². The Labute approximate surface area is 204 Å². The zero-order valence-corrected chi connectivity index (χ0v) is 21.6. The third-order valence-corrected chi connectivity index (χ3v) is 6.75. The van der Waals surface area contributed by atoms with E-state index in [1.54, 1.807) is 0 Å². The van der Waals surface area contributed by atoms with E-state index in [0.717, 1.165) is 48.5 Å². The molecule has 2 heterocycles. The van der Waals surface area contributed by atoms with E-state index in [2.05, 4.69) is 88.6 Å². The molecule has 1 fully saturated rings. The van der Waals surface area contributed by atoms with Gasteiger partial charge >= 0.3 is 0 Å². The second-order valence-corrected chi connectivity index (χ2v) is 11.5. The van der Waals surface area contributed by atoms with Gasteiger partial charge in [0, 0.05) is 31.0 Å². The van der Waals surface area contributed by atoms with Crippen molar-refractivity contribution in [3.63, 3.8) is 0 Å². The topological polar surface area (TPSA) is 47.4 Å². The van der Waals surface area contributed by atoms with Gasteiger partial charge in [0.1, 0.15) is 11.6 Å². The number of hydrogen-bond acceptors (Lipinski definition) is 3. The van der Waals surface area contributed by atoms with Crippen LogP contribution in [-0.4, -0.2) is 39.0 Å². The van der Waals surface area contributed by atoms with Crippen LogP contribution >= 0.6 is 0 Å². The zero-order chi connectivity index (χ0) is 24.5. The molecule has 0 N–H and O–H groups in total. The number of hydrogen-bond donors (Lipinski definition) is 0. The van der Waals surface area contributed by atoms with Gasteiger partial charge in [0.2, 0.25) is 5.91 Å². The molecule has 0 saturated carbocycles. The van der Waals surface area contributed by atoms with Crippen LogP contribution < -0.4 is 4.74 Å². The summed E-state index contributed by atoms with van der Waals surface area (Å²) in [6.07, 6.45) is 2.50. The Morgan fingerprint density at radius 1 is 0.971 bits per heavy atom. The Morgan fingerprint density at radius 3 is 2.32 bits per heavy atom. The fourth-order valence-electron chi connectivity index (χ4n) is 4.78. The lowest BCUT2D eigenvalue weighted by Gasteiger charge is -2.32. The van der Waals surface area contributed by atoms with Gasteiger partial charge < -0.3 is 14.2 Å². The summed E-state index contributed by atoms with van der Waals surface area (Å²) >= 11 is 0. The van der Waals surface area contributed by atoms with Gasteiger partial charge in [0.25, 0.3) is 0 Å². The first-order valence-electron chi connectivity index (χ1n) is 12.5. The lowest BCUT2D eigenvalue weighted by Crippen LogP contribution is -2.42. The van der Waals surface area contributed by atoms with Gasteiger partial charge in [-0.05, 0) is 68.9 Å². The second kappa shape index (κ2) is 9.44. The lowest BCUT2D eigenvalue weighted by molar-refractivity contribution is -0.131. The van der Waals surface area contributed by atoms with Crippen molar-refractivity contribution < 1.29 is 9.53 Å². The third-order valence-electron chi connectivity index (χ3n) is 6.75. The van der Waals surface area contributed by atoms with Crippen LogP contribution in [0.5, 0.6) is 5.75 Å². The number of unbranched alkanes of at least 4 members (excludes halogenated alkanes) is 1. The summed E-state index contributed by atoms with van der Waals surface area (Å²) in [6.45, 7) is 15.3. The van der Waals surface area contributed by atoms with Crippen LogP contribution in [0.3, 0.4) is 0 Å². The Kier molecular flexibility index (Phi) is 6.75. The first-order valence-corrected chi connectivity index (χ1v) is 12.5. The predicted octanol–water partition coefficient (Wildman–Crippen LogP) is 6.31. The number of aryl methyl sites for hydroxylation is 1. The normalized spacial score (nSPS) is 17.1. The molecule has 4 rings (SSSR count). The number of rotatable bonds is 7. The van der Waals surface area contributed by atoms with Gasteiger partial charge in [-0.3, -0.25) is 4.79 Å². The number of aromatic nitrogens is 2. The molecule has 0 aliphatic carbocycles. The number of benzene rings is 2. The molecule has 34 heavy (non-hydrogen) atoms. The van der Waals surface area contributed by atoms with E-state index in [1.807, 2.05) is 11.0 Å². The predicted molar refractivity (Wildman–Crippen MR) is 138 cm³/mol. The molecule has 0 spiro atoms. The van der Waals surface area contributed by atoms with Crippen molar-refractivity contribution in [2.45, 2.75) is 84.2 Å². The highest BCUT2D eigenvalue weighted by Gasteiger charge is 2.38. The van der Waals surface area contributed by atoms with E-state index in [-0.39, 0.29) is 22.8 Å². The smallest absolute Gasteiger partial charge is 0.223 e. The molecule has 2 aromatic carbocycles. The van der Waals surface area contributed by atoms with E-state index in [0.29, 0.717) is 13.0 Å². The van der Waals surface area contributed by atoms with E-state index in [4.69, 9.17) is 9.72 Å². The number of carbonyl (C=O) groups excluding carboxylic acids is 1. The van der Waals surface area contributed by atoms with Crippen molar-refractivity contribution in [2.24, 2.45) is 0 Å². The molecule has 1 aliphatic heterocycles. The Morgan fingerprint density at radius 2 is 1.68 bits per heavy atom. The molecular weight excluding hydrogens is 422 g/mol. The van der Waals surface area contributed by atoms with Crippen LogP contribution in [0.25, 0.3) is 11.0 Å². The maximum Gasteiger partial charge on any atom is 0.223 e. The minimum Gasteiger partial charge on any atom is -0.494 e. The second-order valence-electron chi connectivity index (χ2n) is 11.5. The van der Waals surface area contributed by atoms with Crippen molar-refractivity contribution >= 4 is 16.9 Å². The third kappa shape index (κ3) is 5.29. The molecule has 1 aromatic heterocycles. The summed E-state index contributed by atoms with van der Waals surface area (Å²) in [5.74, 6) is 2.33. The summed E-state index contributed by atoms with van der Waals surface area (Å²) in [5, 5.41) is 0. The molecular formula is C29H39N3O2. The Bertz CT molecular complexity index is 1130. The molecule has 5 nitrogen and oxygen atoms in total. The molecule has 5 heteroatoms. The maximum atomic E-state index is 12.7. The van der Waals surface area contributed by atoms with Crippen LogP contribution in [0.1, 0.15) is 78.1 Å². The number of carbonyl (C=O) groups is 1. The number of amides is 1. The molecule has 1 saturated heterocycles. The number of likely N-dealkylation sites (tertiary alicyclic amines) is 1. The highest BCUT2D eigenvalue weighted by Crippen LogP contribution is 2.34. The molecule has 0 radical (unpaired) electrons. The number of fused-ring (bicyclic) bond motifs is 1. The standard InChI is InChI=1S/C29H39N3O2/c1-28(2,3)22-13-15-23(16-14-22)34-18-10-9-17-31-25-12-8-7-11-24(25)30-27(31)21-19-26(33)32(20-21)29(4,5)6/h7-8,11-16,21H,9-10,17-20H2,1-6H3. The summed E-state index contributed by atoms with van der Waals surface area (Å²) in [6, 6.07) is 16.8. The van der Waals surface area contributed by atoms with E-state index in [1.165, 1.54) is 5.56 Å². The summed E-state index contributed by atoms with van der Waals surface area (Å²) < 4.78 is 8.33. The Balaban J connectivity index is 1.40. The van der Waals surface area contributed by atoms with Gasteiger partial charge in [0.05, 0.1) is 17.6 Å². The first-order chi connectivity index (χ1) is 16.0. The average Bonchev–Trinajstić information content (AvgIpc) is 3.34. The maximum absolute atomic E-state index is 12.7. The molecule has 3 aromatic rings. The molecule has 182 valence electrons. The van der Waals surface area contributed by atoms with Crippen molar-refractivity contribution in [3.05, 3.63) is 59.9 Å². The van der Waals surface area contributed by atoms with Crippen molar-refractivity contribution in [2.75, 3.05) is 13.2 Å². The monoisotopic (exact) mass is 461 g/mol. The summed E-state index contributed by atoms with van der Waals surface area (Å²) in [7, 11) is 0. The van der Waals surface area contributed by atoms with Gasteiger partial charge in [-0.25, -0.2) is 4.98 Å². The molecule has 0 bridgehead atoms. The fourth-order valence-corrected chi connectivity index (χ4v) is 4.78. The van der Waals surface area contributed by atoms with E-state index < -0.39 is 0 Å². The highest BCUT2D eigenvalue weighted by atomic mass is 16.5. The largest absolute Gasteiger partial charge is 0.494 e. The highest BCUT2D eigenvalue weighted by molar-refractivity contribution is 5.81. The zero-order valence-electron chi connectivity index (χ0n) is 21.6. The van der Waals surface area contributed by atoms with E-state index >= 15 is 0 Å². The van der Waals surface area contributed by atoms with Crippen LogP contribution in [0.4, 0.5) is 0 Å². The molecule has 1 aliphatic rings.